The molecule has 0 aromatic carbocycles. The largest absolute Gasteiger partial charge is 0.351 e. The fraction of sp³-hybridized carbons (Fsp3) is 0.286. The number of nitrogens with one attached hydrogen (secondary N) is 2. The maximum Gasteiger partial charge on any atom is 0.173 e. The average molecular weight is 255 g/mol. The molecule has 2 N–H and O–H groups in total. The maximum absolute atomic E-state index is 4.36. The molecule has 0 aliphatic carbocycles. The second-order valence-corrected chi connectivity index (χ2v) is 4.47. The van der Waals surface area contributed by atoms with Gasteiger partial charge in [-0.05, 0) is 31.2 Å². The van der Waals surface area contributed by atoms with Crippen LogP contribution in [0.3, 0.4) is 0 Å². The highest BCUT2D eigenvalue weighted by Crippen LogP contribution is 2.19. The van der Waals surface area contributed by atoms with Crippen LogP contribution in [-0.2, 0) is 0 Å². The Labute approximate surface area is 112 Å². The molecule has 0 bridgehead atoms. The molecule has 1 atom stereocenters. The fourth-order valence-electron chi connectivity index (χ4n) is 2.13. The molecule has 0 amide bonds. The van der Waals surface area contributed by atoms with Gasteiger partial charge in [0.1, 0.15) is 0 Å². The molecule has 0 saturated heterocycles. The summed E-state index contributed by atoms with van der Waals surface area (Å²) in [5, 5.41) is 11.1. The molecule has 3 rings (SSSR count). The second kappa shape index (κ2) is 5.24. The number of fused-ring (bicyclic) bond motifs is 1. The maximum atomic E-state index is 4.36. The van der Waals surface area contributed by atoms with Crippen molar-refractivity contribution < 1.29 is 0 Å². The van der Waals surface area contributed by atoms with Gasteiger partial charge in [-0.3, -0.25) is 10.3 Å². The molecule has 0 saturated carbocycles. The van der Waals surface area contributed by atoms with Gasteiger partial charge in [-0.15, -0.1) is 0 Å². The highest BCUT2D eigenvalue weighted by Gasteiger charge is 2.14. The lowest BCUT2D eigenvalue weighted by molar-refractivity contribution is 0.494. The molecule has 1 aliphatic rings. The van der Waals surface area contributed by atoms with E-state index in [1.54, 1.807) is 0 Å². The second-order valence-electron chi connectivity index (χ2n) is 4.47. The molecule has 5 heteroatoms. The lowest BCUT2D eigenvalue weighted by atomic mass is 10.2. The number of aliphatic imine (C=N–C) groups is 1. The van der Waals surface area contributed by atoms with Crippen LogP contribution in [0.5, 0.6) is 0 Å². The van der Waals surface area contributed by atoms with Crippen molar-refractivity contribution in [1.82, 2.24) is 20.2 Å². The van der Waals surface area contributed by atoms with Gasteiger partial charge in [0.2, 0.25) is 0 Å². The summed E-state index contributed by atoms with van der Waals surface area (Å²) in [7, 11) is 0. The van der Waals surface area contributed by atoms with Crippen molar-refractivity contribution in [2.24, 2.45) is 4.99 Å². The third-order valence-electron chi connectivity index (χ3n) is 3.07. The molecule has 3 heterocycles. The Kier molecular flexibility index (Phi) is 3.29. The summed E-state index contributed by atoms with van der Waals surface area (Å²) in [5.41, 5.74) is 3.23. The summed E-state index contributed by atoms with van der Waals surface area (Å²) >= 11 is 0. The topological polar surface area (TPSA) is 53.7 Å². The lowest BCUT2D eigenvalue weighted by Gasteiger charge is -2.21. The minimum absolute atomic E-state index is 0.0568. The van der Waals surface area contributed by atoms with Crippen molar-refractivity contribution in [2.45, 2.75) is 19.6 Å². The molecule has 5 nitrogen and oxygen atoms in total. The zero-order valence-corrected chi connectivity index (χ0v) is 10.9. The summed E-state index contributed by atoms with van der Waals surface area (Å²) in [6.45, 7) is 3.08. The van der Waals surface area contributed by atoms with Gasteiger partial charge in [0, 0.05) is 23.7 Å². The van der Waals surface area contributed by atoms with E-state index in [0.717, 1.165) is 29.7 Å². The molecule has 0 spiro atoms. The molecule has 2 aromatic heterocycles. The van der Waals surface area contributed by atoms with Crippen LogP contribution < -0.4 is 10.6 Å². The predicted octanol–water partition coefficient (Wildman–Crippen LogP) is 1.63. The standard InChI is InChI=1S/C14H17N5/c1-2-7-15-14-16-8-6-12(18-14)11-10-17-19-9-4-3-5-13(11)19/h3-6,8-10,14-15,18H,2,7H2,1H3. The monoisotopic (exact) mass is 255 g/mol. The Morgan fingerprint density at radius 3 is 3.26 bits per heavy atom. The minimum Gasteiger partial charge on any atom is -0.351 e. The first-order valence-corrected chi connectivity index (χ1v) is 6.54. The quantitative estimate of drug-likeness (QED) is 0.873. The van der Waals surface area contributed by atoms with Gasteiger partial charge in [-0.25, -0.2) is 4.52 Å². The third kappa shape index (κ3) is 2.37. The fourth-order valence-corrected chi connectivity index (χ4v) is 2.13. The Morgan fingerprint density at radius 1 is 1.42 bits per heavy atom. The van der Waals surface area contributed by atoms with Crippen molar-refractivity contribution in [3.8, 4) is 0 Å². The van der Waals surface area contributed by atoms with Gasteiger partial charge >= 0.3 is 0 Å². The molecular weight excluding hydrogens is 238 g/mol. The van der Waals surface area contributed by atoms with Gasteiger partial charge < -0.3 is 5.32 Å². The lowest BCUT2D eigenvalue weighted by Crippen LogP contribution is -2.41. The van der Waals surface area contributed by atoms with Crippen molar-refractivity contribution >= 4 is 17.4 Å². The van der Waals surface area contributed by atoms with Crippen molar-refractivity contribution in [2.75, 3.05) is 6.54 Å². The smallest absolute Gasteiger partial charge is 0.173 e. The zero-order chi connectivity index (χ0) is 13.1. The van der Waals surface area contributed by atoms with Gasteiger partial charge in [-0.2, -0.15) is 5.10 Å². The molecule has 1 aliphatic heterocycles. The van der Waals surface area contributed by atoms with Crippen molar-refractivity contribution in [3.05, 3.63) is 42.2 Å². The predicted molar refractivity (Wildman–Crippen MR) is 76.9 cm³/mol. The number of aromatic nitrogens is 2. The molecule has 0 fully saturated rings. The van der Waals surface area contributed by atoms with E-state index in [1.165, 1.54) is 0 Å². The molecular formula is C14H17N5. The van der Waals surface area contributed by atoms with Gasteiger partial charge in [0.25, 0.3) is 0 Å². The summed E-state index contributed by atoms with van der Waals surface area (Å²) in [6, 6.07) is 6.05. The van der Waals surface area contributed by atoms with Crippen LogP contribution in [-0.4, -0.2) is 28.7 Å². The average Bonchev–Trinajstić information content (AvgIpc) is 2.89. The molecule has 98 valence electrons. The zero-order valence-electron chi connectivity index (χ0n) is 10.9. The number of nitrogens with zero attached hydrogens (tertiary/aromatic N) is 3. The van der Waals surface area contributed by atoms with E-state index >= 15 is 0 Å². The van der Waals surface area contributed by atoms with E-state index < -0.39 is 0 Å². The molecule has 2 aromatic rings. The van der Waals surface area contributed by atoms with Gasteiger partial charge in [0.15, 0.2) is 6.29 Å². The van der Waals surface area contributed by atoms with Crippen molar-refractivity contribution in [3.63, 3.8) is 0 Å². The van der Waals surface area contributed by atoms with Crippen LogP contribution in [0.4, 0.5) is 0 Å². The molecule has 1 unspecified atom stereocenters. The normalized spacial score (nSPS) is 18.4. The number of allylic oxidation sites excluding steroid dienone is 1. The first-order chi connectivity index (χ1) is 9.38. The first-order valence-electron chi connectivity index (χ1n) is 6.54. The van der Waals surface area contributed by atoms with Crippen LogP contribution in [0.1, 0.15) is 18.9 Å². The van der Waals surface area contributed by atoms with E-state index in [9.17, 15) is 0 Å². The number of hydrogen-bond donors (Lipinski definition) is 2. The van der Waals surface area contributed by atoms with E-state index in [-0.39, 0.29) is 6.29 Å². The Bertz CT molecular complexity index is 626. The summed E-state index contributed by atoms with van der Waals surface area (Å²) in [5.74, 6) is 0. The Hall–Kier alpha value is -2.14. The van der Waals surface area contributed by atoms with Crippen LogP contribution >= 0.6 is 0 Å². The van der Waals surface area contributed by atoms with Crippen LogP contribution in [0, 0.1) is 0 Å². The summed E-state index contributed by atoms with van der Waals surface area (Å²) < 4.78 is 1.87. The Balaban J connectivity index is 1.86. The highest BCUT2D eigenvalue weighted by molar-refractivity contribution is 5.89. The van der Waals surface area contributed by atoms with E-state index in [2.05, 4.69) is 33.7 Å². The summed E-state index contributed by atoms with van der Waals surface area (Å²) in [4.78, 5) is 4.36. The van der Waals surface area contributed by atoms with E-state index in [1.807, 2.05) is 41.3 Å². The first kappa shape index (κ1) is 11.9. The van der Waals surface area contributed by atoms with E-state index in [0.29, 0.717) is 0 Å². The van der Waals surface area contributed by atoms with Crippen molar-refractivity contribution in [1.29, 1.82) is 0 Å². The third-order valence-corrected chi connectivity index (χ3v) is 3.07. The summed E-state index contributed by atoms with van der Waals surface area (Å²) in [6.07, 6.45) is 8.68. The molecule has 0 radical (unpaired) electrons. The van der Waals surface area contributed by atoms with E-state index in [4.69, 9.17) is 0 Å². The number of rotatable bonds is 4. The minimum atomic E-state index is -0.0568. The van der Waals surface area contributed by atoms with Gasteiger partial charge in [0.05, 0.1) is 11.7 Å². The van der Waals surface area contributed by atoms with Gasteiger partial charge in [-0.1, -0.05) is 13.0 Å². The van der Waals surface area contributed by atoms with Crippen LogP contribution in [0.2, 0.25) is 0 Å². The SMILES string of the molecule is CCCNC1N=CC=C(c2cnn3ccccc23)N1. The molecule has 19 heavy (non-hydrogen) atoms. The number of hydrogen-bond acceptors (Lipinski definition) is 4. The highest BCUT2D eigenvalue weighted by atomic mass is 15.3. The Morgan fingerprint density at radius 2 is 2.37 bits per heavy atom. The van der Waals surface area contributed by atoms with Crippen LogP contribution in [0.15, 0.2) is 41.7 Å². The van der Waals surface area contributed by atoms with Crippen LogP contribution in [0.25, 0.3) is 11.2 Å². The number of pyridine rings is 1.